The van der Waals surface area contributed by atoms with Crippen molar-refractivity contribution in [2.75, 3.05) is 0 Å². The van der Waals surface area contributed by atoms with Crippen LogP contribution in [0.25, 0.3) is 5.82 Å². The highest BCUT2D eigenvalue weighted by Crippen LogP contribution is 2.00. The summed E-state index contributed by atoms with van der Waals surface area (Å²) in [5.74, 6) is 0.688. The third kappa shape index (κ3) is 1.54. The topological polar surface area (TPSA) is 69.6 Å². The minimum absolute atomic E-state index is 0.391. The maximum Gasteiger partial charge on any atom is 0.172 e. The molecule has 0 fully saturated rings. The molecule has 5 heteroatoms. The van der Waals surface area contributed by atoms with E-state index < -0.39 is 0 Å². The zero-order valence-corrected chi connectivity index (χ0v) is 6.96. The molecule has 66 valence electrons. The summed E-state index contributed by atoms with van der Waals surface area (Å²) in [6.07, 6.45) is 6.79. The molecule has 0 unspecified atom stereocenters. The number of hydrogen-bond donors (Lipinski definition) is 1. The third-order valence-electron chi connectivity index (χ3n) is 1.62. The molecule has 0 aliphatic carbocycles. The largest absolute Gasteiger partial charge is 0.325 e. The van der Waals surface area contributed by atoms with Crippen LogP contribution in [0.3, 0.4) is 0 Å². The lowest BCUT2D eigenvalue weighted by Crippen LogP contribution is -2.05. The van der Waals surface area contributed by atoms with Gasteiger partial charge in [-0.3, -0.25) is 4.98 Å². The molecule has 0 radical (unpaired) electrons. The molecule has 2 N–H and O–H groups in total. The molecule has 13 heavy (non-hydrogen) atoms. The highest BCUT2D eigenvalue weighted by molar-refractivity contribution is 5.17. The van der Waals surface area contributed by atoms with Crippen LogP contribution in [0.2, 0.25) is 0 Å². The molecule has 0 saturated heterocycles. The Balaban J connectivity index is 2.41. The van der Waals surface area contributed by atoms with Crippen LogP contribution in [0.5, 0.6) is 0 Å². The Bertz CT molecular complexity index is 381. The van der Waals surface area contributed by atoms with Crippen molar-refractivity contribution in [3.8, 4) is 5.82 Å². The quantitative estimate of drug-likeness (QED) is 0.703. The summed E-state index contributed by atoms with van der Waals surface area (Å²) >= 11 is 0. The van der Waals surface area contributed by atoms with Crippen molar-refractivity contribution in [2.45, 2.75) is 6.54 Å². The van der Waals surface area contributed by atoms with Crippen molar-refractivity contribution in [3.63, 3.8) is 0 Å². The van der Waals surface area contributed by atoms with E-state index in [-0.39, 0.29) is 0 Å². The minimum atomic E-state index is 0.391. The van der Waals surface area contributed by atoms with Gasteiger partial charge in [-0.25, -0.2) is 9.67 Å². The van der Waals surface area contributed by atoms with Gasteiger partial charge in [0.25, 0.3) is 0 Å². The first-order valence-corrected chi connectivity index (χ1v) is 3.91. The van der Waals surface area contributed by atoms with E-state index in [0.717, 1.165) is 5.69 Å². The summed E-state index contributed by atoms with van der Waals surface area (Å²) in [5, 5.41) is 4.04. The van der Waals surface area contributed by atoms with Gasteiger partial charge in [-0.2, -0.15) is 5.10 Å². The van der Waals surface area contributed by atoms with Crippen molar-refractivity contribution in [2.24, 2.45) is 5.73 Å². The van der Waals surface area contributed by atoms with Crippen molar-refractivity contribution in [3.05, 3.63) is 36.5 Å². The fourth-order valence-electron chi connectivity index (χ4n) is 1.01. The van der Waals surface area contributed by atoms with Crippen molar-refractivity contribution >= 4 is 0 Å². The van der Waals surface area contributed by atoms with Crippen LogP contribution >= 0.6 is 0 Å². The van der Waals surface area contributed by atoms with E-state index in [0.29, 0.717) is 12.4 Å². The van der Waals surface area contributed by atoms with Gasteiger partial charge in [0.1, 0.15) is 0 Å². The number of aromatic nitrogens is 4. The molecule has 2 aromatic heterocycles. The van der Waals surface area contributed by atoms with E-state index >= 15 is 0 Å². The predicted octanol–water partition coefficient (Wildman–Crippen LogP) is 0.121. The first-order chi connectivity index (χ1) is 6.40. The van der Waals surface area contributed by atoms with Crippen LogP contribution < -0.4 is 5.73 Å². The standard InChI is InChI=1S/C8H9N5/c9-4-7-5-10-6-8(12-7)13-3-1-2-11-13/h1-3,5-6H,4,9H2. The Morgan fingerprint density at radius 2 is 2.31 bits per heavy atom. The Morgan fingerprint density at radius 3 is 3.00 bits per heavy atom. The summed E-state index contributed by atoms with van der Waals surface area (Å²) in [5.41, 5.74) is 6.20. The lowest BCUT2D eigenvalue weighted by Gasteiger charge is -2.00. The Morgan fingerprint density at radius 1 is 1.38 bits per heavy atom. The second kappa shape index (κ2) is 3.32. The highest BCUT2D eigenvalue weighted by Gasteiger charge is 1.98. The molecule has 0 aliphatic rings. The van der Waals surface area contributed by atoms with E-state index in [2.05, 4.69) is 15.1 Å². The second-order valence-corrected chi connectivity index (χ2v) is 2.52. The normalized spacial score (nSPS) is 10.2. The monoisotopic (exact) mass is 175 g/mol. The fraction of sp³-hybridized carbons (Fsp3) is 0.125. The average molecular weight is 175 g/mol. The maximum atomic E-state index is 5.44. The third-order valence-corrected chi connectivity index (χ3v) is 1.62. The zero-order chi connectivity index (χ0) is 9.10. The first kappa shape index (κ1) is 7.88. The molecule has 0 atom stereocenters. The van der Waals surface area contributed by atoms with Gasteiger partial charge >= 0.3 is 0 Å². The van der Waals surface area contributed by atoms with Crippen molar-refractivity contribution in [1.29, 1.82) is 0 Å². The number of nitrogens with two attached hydrogens (primary N) is 1. The SMILES string of the molecule is NCc1cncc(-n2cccn2)n1. The fourth-order valence-corrected chi connectivity index (χ4v) is 1.01. The molecular formula is C8H9N5. The van der Waals surface area contributed by atoms with Gasteiger partial charge in [-0.15, -0.1) is 0 Å². The van der Waals surface area contributed by atoms with Crippen LogP contribution in [-0.4, -0.2) is 19.7 Å². The molecule has 0 amide bonds. The highest BCUT2D eigenvalue weighted by atomic mass is 15.3. The number of nitrogens with zero attached hydrogens (tertiary/aromatic N) is 4. The molecule has 5 nitrogen and oxygen atoms in total. The molecule has 2 rings (SSSR count). The van der Waals surface area contributed by atoms with Crippen LogP contribution in [0.4, 0.5) is 0 Å². The molecule has 0 aliphatic heterocycles. The smallest absolute Gasteiger partial charge is 0.172 e. The van der Waals surface area contributed by atoms with E-state index in [1.54, 1.807) is 23.3 Å². The van der Waals surface area contributed by atoms with E-state index in [4.69, 9.17) is 5.73 Å². The summed E-state index contributed by atoms with van der Waals surface area (Å²) in [7, 11) is 0. The van der Waals surface area contributed by atoms with Gasteiger partial charge in [0.05, 0.1) is 11.9 Å². The van der Waals surface area contributed by atoms with E-state index in [1.165, 1.54) is 0 Å². The molecular weight excluding hydrogens is 166 g/mol. The molecule has 0 saturated carbocycles. The predicted molar refractivity (Wildman–Crippen MR) is 47.0 cm³/mol. The van der Waals surface area contributed by atoms with Crippen LogP contribution in [0, 0.1) is 0 Å². The Labute approximate surface area is 75.2 Å². The van der Waals surface area contributed by atoms with Crippen LogP contribution in [-0.2, 0) is 6.54 Å². The van der Waals surface area contributed by atoms with E-state index in [9.17, 15) is 0 Å². The summed E-state index contributed by atoms with van der Waals surface area (Å²) in [4.78, 5) is 8.25. The van der Waals surface area contributed by atoms with Crippen molar-refractivity contribution < 1.29 is 0 Å². The van der Waals surface area contributed by atoms with Gasteiger partial charge < -0.3 is 5.73 Å². The lowest BCUT2D eigenvalue weighted by atomic mass is 10.4. The van der Waals surface area contributed by atoms with Gasteiger partial charge in [0.2, 0.25) is 0 Å². The van der Waals surface area contributed by atoms with Gasteiger partial charge in [-0.1, -0.05) is 0 Å². The molecule has 0 aromatic carbocycles. The van der Waals surface area contributed by atoms with Gasteiger partial charge in [-0.05, 0) is 6.07 Å². The van der Waals surface area contributed by atoms with Gasteiger partial charge in [0, 0.05) is 25.1 Å². The Hall–Kier alpha value is -1.75. The Kier molecular flexibility index (Phi) is 2.01. The van der Waals surface area contributed by atoms with Crippen molar-refractivity contribution in [1.82, 2.24) is 19.7 Å². The van der Waals surface area contributed by atoms with Crippen LogP contribution in [0.15, 0.2) is 30.9 Å². The summed E-state index contributed by atoms with van der Waals surface area (Å²) in [6.45, 7) is 0.391. The molecule has 0 spiro atoms. The molecule has 2 heterocycles. The number of rotatable bonds is 2. The maximum absolute atomic E-state index is 5.44. The molecule has 2 aromatic rings. The summed E-state index contributed by atoms with van der Waals surface area (Å²) < 4.78 is 1.64. The van der Waals surface area contributed by atoms with Gasteiger partial charge in [0.15, 0.2) is 5.82 Å². The van der Waals surface area contributed by atoms with Crippen LogP contribution in [0.1, 0.15) is 5.69 Å². The zero-order valence-electron chi connectivity index (χ0n) is 6.96. The minimum Gasteiger partial charge on any atom is -0.325 e. The second-order valence-electron chi connectivity index (χ2n) is 2.52. The average Bonchev–Trinajstić information content (AvgIpc) is 2.71. The lowest BCUT2D eigenvalue weighted by molar-refractivity contribution is 0.816. The van der Waals surface area contributed by atoms with E-state index in [1.807, 2.05) is 12.3 Å². The first-order valence-electron chi connectivity index (χ1n) is 3.91. The summed E-state index contributed by atoms with van der Waals surface area (Å²) in [6, 6.07) is 1.83. The number of hydrogen-bond acceptors (Lipinski definition) is 4. The molecule has 0 bridgehead atoms.